The molecule has 4 heteroatoms. The third kappa shape index (κ3) is 2.11. The van der Waals surface area contributed by atoms with Gasteiger partial charge in [0.05, 0.1) is 24.0 Å². The van der Waals surface area contributed by atoms with Crippen LogP contribution in [0, 0.1) is 11.3 Å². The maximum atomic E-state index is 8.74. The lowest BCUT2D eigenvalue weighted by atomic mass is 10.2. The Balaban J connectivity index is 2.12. The fraction of sp³-hybridized carbons (Fsp3) is 0.300. The van der Waals surface area contributed by atoms with Crippen LogP contribution in [-0.4, -0.2) is 18.5 Å². The Kier molecular flexibility index (Phi) is 3.12. The summed E-state index contributed by atoms with van der Waals surface area (Å²) in [6.07, 6.45) is 0. The van der Waals surface area contributed by atoms with Gasteiger partial charge in [-0.3, -0.25) is 0 Å². The number of ether oxygens (including phenoxy) is 1. The lowest BCUT2D eigenvalue weighted by Crippen LogP contribution is -2.29. The monoisotopic (exact) mass is 269 g/mol. The maximum Gasteiger partial charge on any atom is 0.100 e. The van der Waals surface area contributed by atoms with Crippen LogP contribution in [0.4, 0.5) is 0 Å². The van der Waals surface area contributed by atoms with Crippen LogP contribution in [0.25, 0.3) is 0 Å². The van der Waals surface area contributed by atoms with E-state index in [0.29, 0.717) is 10.8 Å². The molecule has 0 bridgehead atoms. The van der Waals surface area contributed by atoms with Crippen LogP contribution in [0.3, 0.4) is 0 Å². The molecule has 1 heterocycles. The highest BCUT2D eigenvalue weighted by molar-refractivity contribution is 9.10. The van der Waals surface area contributed by atoms with E-state index < -0.39 is 0 Å². The molecule has 0 radical (unpaired) electrons. The van der Waals surface area contributed by atoms with Crippen LogP contribution in [0.5, 0.6) is 0 Å². The zero-order valence-electron chi connectivity index (χ0n) is 7.37. The molecule has 1 saturated heterocycles. The van der Waals surface area contributed by atoms with Gasteiger partial charge in [-0.05, 0) is 34.1 Å². The van der Waals surface area contributed by atoms with E-state index in [1.54, 1.807) is 11.8 Å². The van der Waals surface area contributed by atoms with E-state index in [1.165, 1.54) is 4.90 Å². The number of nitrogens with zero attached hydrogens (tertiary/aromatic N) is 1. The van der Waals surface area contributed by atoms with Gasteiger partial charge in [0.1, 0.15) is 6.07 Å². The van der Waals surface area contributed by atoms with E-state index >= 15 is 0 Å². The molecule has 0 aromatic heterocycles. The molecule has 2 rings (SSSR count). The van der Waals surface area contributed by atoms with E-state index in [9.17, 15) is 0 Å². The minimum Gasteiger partial charge on any atom is -0.379 e. The van der Waals surface area contributed by atoms with E-state index in [4.69, 9.17) is 10.00 Å². The lowest BCUT2D eigenvalue weighted by Gasteiger charge is -2.25. The second-order valence-corrected chi connectivity index (χ2v) is 5.26. The van der Waals surface area contributed by atoms with Crippen LogP contribution < -0.4 is 0 Å². The Hall–Kier alpha value is -0.500. The van der Waals surface area contributed by atoms with Crippen LogP contribution in [0.15, 0.2) is 27.6 Å². The number of benzene rings is 1. The average Bonchev–Trinajstić information content (AvgIpc) is 2.12. The zero-order chi connectivity index (χ0) is 9.97. The molecule has 1 aromatic carbocycles. The first-order chi connectivity index (χ1) is 6.79. The van der Waals surface area contributed by atoms with Crippen LogP contribution in [0.1, 0.15) is 5.56 Å². The predicted molar refractivity (Wildman–Crippen MR) is 59.3 cm³/mol. The Morgan fingerprint density at radius 1 is 1.50 bits per heavy atom. The number of hydrogen-bond donors (Lipinski definition) is 0. The third-order valence-corrected chi connectivity index (χ3v) is 3.76. The van der Waals surface area contributed by atoms with Gasteiger partial charge in [0, 0.05) is 9.37 Å². The van der Waals surface area contributed by atoms with E-state index in [2.05, 4.69) is 22.0 Å². The van der Waals surface area contributed by atoms with Gasteiger partial charge in [-0.15, -0.1) is 11.8 Å². The summed E-state index contributed by atoms with van der Waals surface area (Å²) >= 11 is 5.17. The molecule has 0 spiro atoms. The first kappa shape index (κ1) is 10.0. The molecule has 0 saturated carbocycles. The topological polar surface area (TPSA) is 33.0 Å². The van der Waals surface area contributed by atoms with E-state index in [1.807, 2.05) is 18.2 Å². The summed E-state index contributed by atoms with van der Waals surface area (Å²) in [5.41, 5.74) is 0.680. The van der Waals surface area contributed by atoms with Crippen molar-refractivity contribution in [2.45, 2.75) is 10.1 Å². The molecule has 72 valence electrons. The van der Waals surface area contributed by atoms with Gasteiger partial charge in [0.25, 0.3) is 0 Å². The molecular formula is C10H8BrNOS. The largest absolute Gasteiger partial charge is 0.379 e. The Morgan fingerprint density at radius 3 is 2.79 bits per heavy atom. The molecule has 0 unspecified atom stereocenters. The Labute approximate surface area is 95.4 Å². The first-order valence-corrected chi connectivity index (χ1v) is 5.91. The number of thioether (sulfide) groups is 1. The summed E-state index contributed by atoms with van der Waals surface area (Å²) in [6.45, 7) is 1.67. The van der Waals surface area contributed by atoms with Crippen molar-refractivity contribution in [1.82, 2.24) is 0 Å². The summed E-state index contributed by atoms with van der Waals surface area (Å²) in [5, 5.41) is 9.32. The van der Waals surface area contributed by atoms with Crippen LogP contribution in [0.2, 0.25) is 0 Å². The SMILES string of the molecule is N#Cc1ccc(SC2COC2)cc1Br. The molecule has 1 fully saturated rings. The minimum absolute atomic E-state index is 0.579. The Morgan fingerprint density at radius 2 is 2.29 bits per heavy atom. The molecular weight excluding hydrogens is 262 g/mol. The fourth-order valence-electron chi connectivity index (χ4n) is 1.13. The van der Waals surface area contributed by atoms with Crippen LogP contribution >= 0.6 is 27.7 Å². The van der Waals surface area contributed by atoms with Gasteiger partial charge in [-0.25, -0.2) is 0 Å². The second kappa shape index (κ2) is 4.35. The van der Waals surface area contributed by atoms with Gasteiger partial charge in [0.2, 0.25) is 0 Å². The minimum atomic E-state index is 0.579. The molecule has 0 N–H and O–H groups in total. The third-order valence-electron chi connectivity index (χ3n) is 1.97. The van der Waals surface area contributed by atoms with Crippen molar-refractivity contribution in [3.05, 3.63) is 28.2 Å². The van der Waals surface area contributed by atoms with Gasteiger partial charge in [-0.2, -0.15) is 5.26 Å². The van der Waals surface area contributed by atoms with E-state index in [0.717, 1.165) is 17.7 Å². The molecule has 0 aliphatic carbocycles. The molecule has 0 amide bonds. The summed E-state index contributed by atoms with van der Waals surface area (Å²) in [5.74, 6) is 0. The number of nitriles is 1. The van der Waals surface area contributed by atoms with Crippen molar-refractivity contribution < 1.29 is 4.74 Å². The van der Waals surface area contributed by atoms with Crippen LogP contribution in [-0.2, 0) is 4.74 Å². The highest BCUT2D eigenvalue weighted by Crippen LogP contribution is 2.30. The highest BCUT2D eigenvalue weighted by Gasteiger charge is 2.19. The normalized spacial score (nSPS) is 16.0. The molecule has 1 aliphatic heterocycles. The summed E-state index contributed by atoms with van der Waals surface area (Å²) < 4.78 is 5.96. The summed E-state index contributed by atoms with van der Waals surface area (Å²) in [7, 11) is 0. The van der Waals surface area contributed by atoms with Crippen molar-refractivity contribution in [2.24, 2.45) is 0 Å². The summed E-state index contributed by atoms with van der Waals surface area (Å²) in [4.78, 5) is 1.18. The molecule has 1 aliphatic rings. The molecule has 0 atom stereocenters. The lowest BCUT2D eigenvalue weighted by molar-refractivity contribution is 0.0455. The number of rotatable bonds is 2. The first-order valence-electron chi connectivity index (χ1n) is 4.23. The van der Waals surface area contributed by atoms with Crippen molar-refractivity contribution in [3.8, 4) is 6.07 Å². The van der Waals surface area contributed by atoms with Gasteiger partial charge >= 0.3 is 0 Å². The van der Waals surface area contributed by atoms with Crippen molar-refractivity contribution in [1.29, 1.82) is 5.26 Å². The van der Waals surface area contributed by atoms with Crippen molar-refractivity contribution in [2.75, 3.05) is 13.2 Å². The van der Waals surface area contributed by atoms with Gasteiger partial charge in [0.15, 0.2) is 0 Å². The maximum absolute atomic E-state index is 8.74. The quantitative estimate of drug-likeness (QED) is 0.828. The van der Waals surface area contributed by atoms with Crippen molar-refractivity contribution >= 4 is 27.7 Å². The standard InChI is InChI=1S/C10H8BrNOS/c11-10-3-8(2-1-7(10)4-12)14-9-5-13-6-9/h1-3,9H,5-6H2. The van der Waals surface area contributed by atoms with Gasteiger partial charge in [-0.1, -0.05) is 0 Å². The molecule has 1 aromatic rings. The second-order valence-electron chi connectivity index (χ2n) is 3.03. The fourth-order valence-corrected chi connectivity index (χ4v) is 2.80. The smallest absolute Gasteiger partial charge is 0.100 e. The average molecular weight is 270 g/mol. The number of halogens is 1. The molecule has 14 heavy (non-hydrogen) atoms. The molecule has 2 nitrogen and oxygen atoms in total. The highest BCUT2D eigenvalue weighted by atomic mass is 79.9. The Bertz CT molecular complexity index is 384. The predicted octanol–water partition coefficient (Wildman–Crippen LogP) is 2.81. The van der Waals surface area contributed by atoms with Crippen molar-refractivity contribution in [3.63, 3.8) is 0 Å². The zero-order valence-corrected chi connectivity index (χ0v) is 9.77. The summed E-state index contributed by atoms with van der Waals surface area (Å²) in [6, 6.07) is 7.93. The number of hydrogen-bond acceptors (Lipinski definition) is 3. The van der Waals surface area contributed by atoms with E-state index in [-0.39, 0.29) is 0 Å². The van der Waals surface area contributed by atoms with Gasteiger partial charge < -0.3 is 4.74 Å².